The molecule has 1 aromatic heterocycles. The monoisotopic (exact) mass is 292 g/mol. The Kier molecular flexibility index (Phi) is 3.39. The molecule has 0 radical (unpaired) electrons. The fourth-order valence-electron chi connectivity index (χ4n) is 0.974. The highest BCUT2D eigenvalue weighted by molar-refractivity contribution is 8.13. The van der Waals surface area contributed by atoms with E-state index in [0.29, 0.717) is 0 Å². The van der Waals surface area contributed by atoms with E-state index in [1.165, 1.54) is 4.98 Å². The summed E-state index contributed by atoms with van der Waals surface area (Å²) in [5.74, 6) is 0. The van der Waals surface area contributed by atoms with Crippen molar-refractivity contribution in [1.82, 2.24) is 9.55 Å². The summed E-state index contributed by atoms with van der Waals surface area (Å²) in [6.07, 6.45) is -4.49. The van der Waals surface area contributed by atoms with Gasteiger partial charge in [-0.05, 0) is 0 Å². The van der Waals surface area contributed by atoms with E-state index in [2.05, 4.69) is 0 Å². The Hall–Kier alpha value is -1.29. The Morgan fingerprint density at radius 1 is 1.35 bits per heavy atom. The second-order valence-electron chi connectivity index (χ2n) is 2.93. The smallest absolute Gasteiger partial charge is 0.290 e. The van der Waals surface area contributed by atoms with Gasteiger partial charge in [0.05, 0.1) is 0 Å². The molecule has 0 saturated carbocycles. The molecule has 0 fully saturated rings. The standard InChI is InChI=1S/C6H4ClF3N2O4S/c7-17(15,16)3-1-12(2-6(8,9)10)5(14)11-4(3)13/h1H,2H2,(H,11,13,14). The van der Waals surface area contributed by atoms with Crippen molar-refractivity contribution in [2.75, 3.05) is 0 Å². The first kappa shape index (κ1) is 13.8. The normalized spacial score (nSPS) is 12.7. The van der Waals surface area contributed by atoms with E-state index in [-0.39, 0.29) is 10.8 Å². The Morgan fingerprint density at radius 2 is 1.88 bits per heavy atom. The molecule has 0 spiro atoms. The summed E-state index contributed by atoms with van der Waals surface area (Å²) in [5, 5.41) is 0. The number of hydrogen-bond acceptors (Lipinski definition) is 4. The molecule has 1 rings (SSSR count). The molecule has 0 unspecified atom stereocenters. The molecule has 0 amide bonds. The number of hydrogen-bond donors (Lipinski definition) is 1. The number of nitrogens with one attached hydrogen (secondary N) is 1. The lowest BCUT2D eigenvalue weighted by molar-refractivity contribution is -0.141. The number of halogens is 4. The van der Waals surface area contributed by atoms with E-state index in [0.717, 1.165) is 0 Å². The largest absolute Gasteiger partial charge is 0.406 e. The van der Waals surface area contributed by atoms with Gasteiger partial charge < -0.3 is 0 Å². The number of alkyl halides is 3. The molecule has 0 aliphatic heterocycles. The molecule has 0 aliphatic rings. The lowest BCUT2D eigenvalue weighted by Crippen LogP contribution is -2.35. The molecule has 0 atom stereocenters. The fraction of sp³-hybridized carbons (Fsp3) is 0.333. The van der Waals surface area contributed by atoms with Crippen LogP contribution in [-0.4, -0.2) is 24.1 Å². The predicted molar refractivity (Wildman–Crippen MR) is 50.4 cm³/mol. The van der Waals surface area contributed by atoms with E-state index < -0.39 is 37.9 Å². The minimum absolute atomic E-state index is 0.00331. The molecular weight excluding hydrogens is 289 g/mol. The first-order chi connectivity index (χ1) is 7.50. The molecule has 6 nitrogen and oxygen atoms in total. The molecule has 1 aromatic rings. The van der Waals surface area contributed by atoms with Crippen LogP contribution in [0, 0.1) is 0 Å². The zero-order valence-corrected chi connectivity index (χ0v) is 9.36. The van der Waals surface area contributed by atoms with Crippen LogP contribution in [0.25, 0.3) is 0 Å². The van der Waals surface area contributed by atoms with Gasteiger partial charge in [0.25, 0.3) is 14.6 Å². The highest BCUT2D eigenvalue weighted by Crippen LogP contribution is 2.17. The van der Waals surface area contributed by atoms with Crippen molar-refractivity contribution in [3.05, 3.63) is 27.0 Å². The van der Waals surface area contributed by atoms with Crippen LogP contribution < -0.4 is 11.2 Å². The van der Waals surface area contributed by atoms with Gasteiger partial charge in [0.1, 0.15) is 6.54 Å². The minimum atomic E-state index is -4.74. The molecule has 0 aliphatic carbocycles. The van der Waals surface area contributed by atoms with Crippen molar-refractivity contribution in [3.8, 4) is 0 Å². The van der Waals surface area contributed by atoms with Crippen LogP contribution in [0.2, 0.25) is 0 Å². The van der Waals surface area contributed by atoms with Gasteiger partial charge in [0.15, 0.2) is 4.90 Å². The lowest BCUT2D eigenvalue weighted by Gasteiger charge is -2.08. The van der Waals surface area contributed by atoms with Gasteiger partial charge >= 0.3 is 11.9 Å². The molecule has 1 N–H and O–H groups in total. The van der Waals surface area contributed by atoms with E-state index in [4.69, 9.17) is 10.7 Å². The topological polar surface area (TPSA) is 89.0 Å². The van der Waals surface area contributed by atoms with Crippen molar-refractivity contribution in [3.63, 3.8) is 0 Å². The van der Waals surface area contributed by atoms with Gasteiger partial charge in [0, 0.05) is 16.9 Å². The molecule has 17 heavy (non-hydrogen) atoms. The summed E-state index contributed by atoms with van der Waals surface area (Å²) in [6.45, 7) is -1.73. The summed E-state index contributed by atoms with van der Waals surface area (Å²) in [5.41, 5.74) is -2.75. The van der Waals surface area contributed by atoms with Crippen LogP contribution in [0.5, 0.6) is 0 Å². The quantitative estimate of drug-likeness (QED) is 0.779. The summed E-state index contributed by atoms with van der Waals surface area (Å²) in [6, 6.07) is 0. The van der Waals surface area contributed by atoms with Crippen LogP contribution in [0.4, 0.5) is 13.2 Å². The Morgan fingerprint density at radius 3 is 2.29 bits per heavy atom. The summed E-state index contributed by atoms with van der Waals surface area (Å²) >= 11 is 0. The summed E-state index contributed by atoms with van der Waals surface area (Å²) in [4.78, 5) is 22.3. The molecule has 96 valence electrons. The van der Waals surface area contributed by atoms with E-state index in [9.17, 15) is 31.2 Å². The summed E-state index contributed by atoms with van der Waals surface area (Å²) < 4.78 is 57.7. The number of rotatable bonds is 2. The van der Waals surface area contributed by atoms with Crippen LogP contribution in [0.1, 0.15) is 0 Å². The van der Waals surface area contributed by atoms with Crippen molar-refractivity contribution < 1.29 is 21.6 Å². The number of aromatic amines is 1. The van der Waals surface area contributed by atoms with Crippen molar-refractivity contribution in [2.24, 2.45) is 0 Å². The van der Waals surface area contributed by atoms with E-state index >= 15 is 0 Å². The molecule has 11 heteroatoms. The van der Waals surface area contributed by atoms with Crippen molar-refractivity contribution >= 4 is 19.7 Å². The number of aromatic nitrogens is 2. The van der Waals surface area contributed by atoms with Gasteiger partial charge in [-0.1, -0.05) is 0 Å². The average molecular weight is 293 g/mol. The maximum atomic E-state index is 12.0. The summed E-state index contributed by atoms with van der Waals surface area (Å²) in [7, 11) is 0.288. The molecule has 0 aromatic carbocycles. The van der Waals surface area contributed by atoms with Gasteiger partial charge in [-0.3, -0.25) is 14.3 Å². The van der Waals surface area contributed by atoms with Crippen molar-refractivity contribution in [2.45, 2.75) is 17.6 Å². The van der Waals surface area contributed by atoms with Crippen molar-refractivity contribution in [1.29, 1.82) is 0 Å². The first-order valence-electron chi connectivity index (χ1n) is 3.86. The molecular formula is C6H4ClF3N2O4S. The van der Waals surface area contributed by atoms with Gasteiger partial charge in [-0.15, -0.1) is 0 Å². The van der Waals surface area contributed by atoms with Crippen LogP contribution in [-0.2, 0) is 15.6 Å². The van der Waals surface area contributed by atoms with Gasteiger partial charge in [0.2, 0.25) is 0 Å². The third-order valence-corrected chi connectivity index (χ3v) is 2.91. The maximum absolute atomic E-state index is 12.0. The molecule has 0 saturated heterocycles. The average Bonchev–Trinajstić information content (AvgIpc) is 2.05. The van der Waals surface area contributed by atoms with Crippen LogP contribution >= 0.6 is 10.7 Å². The third kappa shape index (κ3) is 3.60. The molecule has 1 heterocycles. The van der Waals surface area contributed by atoms with Crippen LogP contribution in [0.3, 0.4) is 0 Å². The first-order valence-corrected chi connectivity index (χ1v) is 6.17. The lowest BCUT2D eigenvalue weighted by atomic mass is 10.5. The maximum Gasteiger partial charge on any atom is 0.406 e. The van der Waals surface area contributed by atoms with Gasteiger partial charge in [-0.2, -0.15) is 13.2 Å². The second kappa shape index (κ2) is 4.18. The van der Waals surface area contributed by atoms with Crippen LogP contribution in [0.15, 0.2) is 20.7 Å². The highest BCUT2D eigenvalue weighted by Gasteiger charge is 2.29. The van der Waals surface area contributed by atoms with E-state index in [1.807, 2.05) is 0 Å². The second-order valence-corrected chi connectivity index (χ2v) is 5.47. The van der Waals surface area contributed by atoms with E-state index in [1.54, 1.807) is 0 Å². The predicted octanol–water partition coefficient (Wildman–Crippen LogP) is 0.0264. The Balaban J connectivity index is 3.46. The zero-order chi connectivity index (χ0) is 13.4. The third-order valence-electron chi connectivity index (χ3n) is 1.59. The highest BCUT2D eigenvalue weighted by atomic mass is 35.7. The zero-order valence-electron chi connectivity index (χ0n) is 7.78. The Labute approximate surface area is 96.1 Å². The number of H-pyrrole nitrogens is 1. The minimum Gasteiger partial charge on any atom is -0.290 e. The fourth-order valence-corrected chi connectivity index (χ4v) is 1.83. The SMILES string of the molecule is O=c1[nH]c(=O)n(CC(F)(F)F)cc1S(=O)(=O)Cl. The van der Waals surface area contributed by atoms with Gasteiger partial charge in [-0.25, -0.2) is 13.2 Å². The Bertz CT molecular complexity index is 644. The number of nitrogens with zero attached hydrogens (tertiary/aromatic N) is 1. The molecule has 0 bridgehead atoms.